The van der Waals surface area contributed by atoms with Gasteiger partial charge in [-0.05, 0) is 32.0 Å². The Labute approximate surface area is 114 Å². The molecular weight excluding hydrogens is 242 g/mol. The van der Waals surface area contributed by atoms with Crippen LogP contribution in [0.25, 0.3) is 0 Å². The Balaban J connectivity index is 2.97. The predicted molar refractivity (Wildman–Crippen MR) is 77.2 cm³/mol. The fourth-order valence-electron chi connectivity index (χ4n) is 2.52. The molecule has 0 fully saturated rings. The van der Waals surface area contributed by atoms with E-state index in [0.717, 1.165) is 18.7 Å². The van der Waals surface area contributed by atoms with E-state index in [2.05, 4.69) is 25.7 Å². The quantitative estimate of drug-likeness (QED) is 0.606. The SMILES string of the molecule is CCN(CC)C(C)(CN)Cc1cccc([N+](=O)[O-])c1. The van der Waals surface area contributed by atoms with Crippen molar-refractivity contribution in [3.05, 3.63) is 39.9 Å². The van der Waals surface area contributed by atoms with Crippen molar-refractivity contribution in [3.63, 3.8) is 0 Å². The summed E-state index contributed by atoms with van der Waals surface area (Å²) in [6.45, 7) is 8.67. The summed E-state index contributed by atoms with van der Waals surface area (Å²) in [7, 11) is 0. The lowest BCUT2D eigenvalue weighted by Gasteiger charge is -2.39. The van der Waals surface area contributed by atoms with Gasteiger partial charge in [0.2, 0.25) is 0 Å². The lowest BCUT2D eigenvalue weighted by molar-refractivity contribution is -0.384. The van der Waals surface area contributed by atoms with Gasteiger partial charge in [0, 0.05) is 24.2 Å². The van der Waals surface area contributed by atoms with E-state index >= 15 is 0 Å². The smallest absolute Gasteiger partial charge is 0.269 e. The van der Waals surface area contributed by atoms with Crippen molar-refractivity contribution in [2.75, 3.05) is 19.6 Å². The summed E-state index contributed by atoms with van der Waals surface area (Å²) < 4.78 is 0. The minimum absolute atomic E-state index is 0.136. The maximum atomic E-state index is 10.8. The number of nitro groups is 1. The average molecular weight is 265 g/mol. The molecule has 1 rings (SSSR count). The van der Waals surface area contributed by atoms with E-state index < -0.39 is 0 Å². The molecule has 2 N–H and O–H groups in total. The molecule has 5 nitrogen and oxygen atoms in total. The number of nitro benzene ring substituents is 1. The minimum atomic E-state index is -0.360. The highest BCUT2D eigenvalue weighted by Crippen LogP contribution is 2.22. The van der Waals surface area contributed by atoms with Crippen LogP contribution in [-0.4, -0.2) is 35.0 Å². The molecule has 1 atom stereocenters. The fraction of sp³-hybridized carbons (Fsp3) is 0.571. The fourth-order valence-corrected chi connectivity index (χ4v) is 2.52. The molecule has 0 heterocycles. The largest absolute Gasteiger partial charge is 0.329 e. The maximum absolute atomic E-state index is 10.8. The van der Waals surface area contributed by atoms with E-state index in [1.165, 1.54) is 6.07 Å². The van der Waals surface area contributed by atoms with Crippen molar-refractivity contribution in [2.45, 2.75) is 32.7 Å². The monoisotopic (exact) mass is 265 g/mol. The summed E-state index contributed by atoms with van der Waals surface area (Å²) in [6.07, 6.45) is 0.715. The number of rotatable bonds is 7. The third-order valence-electron chi connectivity index (χ3n) is 3.67. The van der Waals surface area contributed by atoms with Crippen molar-refractivity contribution in [1.29, 1.82) is 0 Å². The molecule has 19 heavy (non-hydrogen) atoms. The average Bonchev–Trinajstić information content (AvgIpc) is 2.40. The molecule has 0 bridgehead atoms. The van der Waals surface area contributed by atoms with Gasteiger partial charge in [0.1, 0.15) is 0 Å². The highest BCUT2D eigenvalue weighted by atomic mass is 16.6. The third-order valence-corrected chi connectivity index (χ3v) is 3.67. The highest BCUT2D eigenvalue weighted by Gasteiger charge is 2.29. The van der Waals surface area contributed by atoms with Gasteiger partial charge in [0.15, 0.2) is 0 Å². The van der Waals surface area contributed by atoms with Crippen LogP contribution in [0.2, 0.25) is 0 Å². The number of benzene rings is 1. The van der Waals surface area contributed by atoms with Gasteiger partial charge >= 0.3 is 0 Å². The molecule has 0 radical (unpaired) electrons. The number of nitrogens with two attached hydrogens (primary N) is 1. The molecule has 0 saturated heterocycles. The zero-order valence-corrected chi connectivity index (χ0v) is 11.9. The van der Waals surface area contributed by atoms with Gasteiger partial charge < -0.3 is 5.73 Å². The summed E-state index contributed by atoms with van der Waals surface area (Å²) in [6, 6.07) is 6.80. The zero-order chi connectivity index (χ0) is 14.5. The van der Waals surface area contributed by atoms with Crippen LogP contribution in [0.15, 0.2) is 24.3 Å². The predicted octanol–water partition coefficient (Wildman–Crippen LogP) is 2.20. The van der Waals surface area contributed by atoms with Crippen molar-refractivity contribution in [2.24, 2.45) is 5.73 Å². The van der Waals surface area contributed by atoms with E-state index in [-0.39, 0.29) is 16.1 Å². The minimum Gasteiger partial charge on any atom is -0.329 e. The molecular formula is C14H23N3O2. The van der Waals surface area contributed by atoms with E-state index in [4.69, 9.17) is 5.73 Å². The molecule has 106 valence electrons. The number of likely N-dealkylation sites (N-methyl/N-ethyl adjacent to an activating group) is 1. The Morgan fingerprint density at radius 2 is 2.00 bits per heavy atom. The van der Waals surface area contributed by atoms with Gasteiger partial charge in [-0.1, -0.05) is 26.0 Å². The van der Waals surface area contributed by atoms with Crippen LogP contribution >= 0.6 is 0 Å². The van der Waals surface area contributed by atoms with Gasteiger partial charge in [-0.2, -0.15) is 0 Å². The first-order valence-corrected chi connectivity index (χ1v) is 6.65. The van der Waals surface area contributed by atoms with Crippen LogP contribution in [0.5, 0.6) is 0 Å². The van der Waals surface area contributed by atoms with Gasteiger partial charge in [0.25, 0.3) is 5.69 Å². The van der Waals surface area contributed by atoms with E-state index in [9.17, 15) is 10.1 Å². The Bertz CT molecular complexity index is 432. The summed E-state index contributed by atoms with van der Waals surface area (Å²) in [5.74, 6) is 0. The van der Waals surface area contributed by atoms with E-state index in [1.807, 2.05) is 6.07 Å². The Morgan fingerprint density at radius 1 is 1.37 bits per heavy atom. The molecule has 1 aromatic rings. The van der Waals surface area contributed by atoms with Gasteiger partial charge in [-0.3, -0.25) is 15.0 Å². The molecule has 0 aliphatic rings. The second-order valence-electron chi connectivity index (χ2n) is 4.98. The lowest BCUT2D eigenvalue weighted by Crippen LogP contribution is -2.53. The van der Waals surface area contributed by atoms with Crippen LogP contribution < -0.4 is 5.73 Å². The van der Waals surface area contributed by atoms with Gasteiger partial charge in [-0.15, -0.1) is 0 Å². The van der Waals surface area contributed by atoms with Crippen LogP contribution in [0.4, 0.5) is 5.69 Å². The Hall–Kier alpha value is -1.46. The summed E-state index contributed by atoms with van der Waals surface area (Å²) in [5.41, 5.74) is 6.85. The van der Waals surface area contributed by atoms with E-state index in [1.54, 1.807) is 12.1 Å². The second-order valence-corrected chi connectivity index (χ2v) is 4.98. The van der Waals surface area contributed by atoms with Crippen LogP contribution in [0.3, 0.4) is 0 Å². The number of non-ortho nitro benzene ring substituents is 1. The number of nitrogens with zero attached hydrogens (tertiary/aromatic N) is 2. The normalized spacial score (nSPS) is 14.4. The summed E-state index contributed by atoms with van der Waals surface area (Å²) in [5, 5.41) is 10.8. The van der Waals surface area contributed by atoms with Crippen molar-refractivity contribution in [1.82, 2.24) is 4.90 Å². The van der Waals surface area contributed by atoms with Crippen molar-refractivity contribution >= 4 is 5.69 Å². The van der Waals surface area contributed by atoms with Gasteiger partial charge in [-0.25, -0.2) is 0 Å². The van der Waals surface area contributed by atoms with Crippen LogP contribution in [0, 0.1) is 10.1 Å². The maximum Gasteiger partial charge on any atom is 0.269 e. The molecule has 0 amide bonds. The third kappa shape index (κ3) is 3.75. The molecule has 0 aliphatic carbocycles. The van der Waals surface area contributed by atoms with Gasteiger partial charge in [0.05, 0.1) is 4.92 Å². The first-order chi connectivity index (χ1) is 8.96. The van der Waals surface area contributed by atoms with Crippen LogP contribution in [-0.2, 0) is 6.42 Å². The highest BCUT2D eigenvalue weighted by molar-refractivity contribution is 5.35. The number of hydrogen-bond acceptors (Lipinski definition) is 4. The topological polar surface area (TPSA) is 72.4 Å². The lowest BCUT2D eigenvalue weighted by atomic mass is 9.90. The molecule has 1 unspecified atom stereocenters. The Kier molecular flexibility index (Phi) is 5.44. The molecule has 0 aliphatic heterocycles. The molecule has 0 spiro atoms. The standard InChI is InChI=1S/C14H23N3O2/c1-4-16(5-2)14(3,11-15)10-12-7-6-8-13(9-12)17(18)19/h6-9H,4-5,10-11,15H2,1-3H3. The molecule has 0 saturated carbocycles. The first-order valence-electron chi connectivity index (χ1n) is 6.65. The summed E-state index contributed by atoms with van der Waals surface area (Å²) >= 11 is 0. The molecule has 5 heteroatoms. The molecule has 1 aromatic carbocycles. The molecule has 0 aromatic heterocycles. The zero-order valence-electron chi connectivity index (χ0n) is 11.9. The van der Waals surface area contributed by atoms with E-state index in [0.29, 0.717) is 13.0 Å². The number of hydrogen-bond donors (Lipinski definition) is 1. The summed E-state index contributed by atoms with van der Waals surface area (Å²) in [4.78, 5) is 12.7. The Morgan fingerprint density at radius 3 is 2.47 bits per heavy atom. The van der Waals surface area contributed by atoms with Crippen LogP contribution in [0.1, 0.15) is 26.3 Å². The van der Waals surface area contributed by atoms with Crippen molar-refractivity contribution < 1.29 is 4.92 Å². The second kappa shape index (κ2) is 6.63. The van der Waals surface area contributed by atoms with Crippen molar-refractivity contribution in [3.8, 4) is 0 Å². The first kappa shape index (κ1) is 15.6.